The molecule has 1 N–H and O–H groups in total. The SMILES string of the molecule is Cc1[c]nc2c(O)cccc2c1. The highest BCUT2D eigenvalue weighted by atomic mass is 16.3. The van der Waals surface area contributed by atoms with Gasteiger partial charge in [0.15, 0.2) is 0 Å². The summed E-state index contributed by atoms with van der Waals surface area (Å²) < 4.78 is 0. The molecule has 2 aromatic rings. The summed E-state index contributed by atoms with van der Waals surface area (Å²) in [6, 6.07) is 7.29. The maximum absolute atomic E-state index is 9.38. The van der Waals surface area contributed by atoms with Crippen molar-refractivity contribution in [1.29, 1.82) is 0 Å². The average Bonchev–Trinajstić information content (AvgIpc) is 2.04. The van der Waals surface area contributed by atoms with Crippen LogP contribution < -0.4 is 0 Å². The second kappa shape index (κ2) is 2.48. The highest BCUT2D eigenvalue weighted by Crippen LogP contribution is 2.21. The summed E-state index contributed by atoms with van der Waals surface area (Å²) in [5, 5.41) is 10.3. The lowest BCUT2D eigenvalue weighted by Crippen LogP contribution is -1.81. The van der Waals surface area contributed by atoms with Crippen molar-refractivity contribution in [3.63, 3.8) is 0 Å². The quantitative estimate of drug-likeness (QED) is 0.636. The van der Waals surface area contributed by atoms with E-state index in [0.29, 0.717) is 5.52 Å². The Kier molecular flexibility index (Phi) is 1.47. The van der Waals surface area contributed by atoms with Gasteiger partial charge in [-0.25, -0.2) is 4.98 Å². The second-order valence-corrected chi connectivity index (χ2v) is 2.77. The van der Waals surface area contributed by atoms with Crippen molar-refractivity contribution in [1.82, 2.24) is 4.98 Å². The van der Waals surface area contributed by atoms with E-state index in [1.54, 1.807) is 12.1 Å². The zero-order valence-electron chi connectivity index (χ0n) is 6.70. The Hall–Kier alpha value is -1.57. The molecular weight excluding hydrogens is 150 g/mol. The first kappa shape index (κ1) is 7.10. The van der Waals surface area contributed by atoms with Crippen molar-refractivity contribution < 1.29 is 5.11 Å². The van der Waals surface area contributed by atoms with E-state index < -0.39 is 0 Å². The third-order valence-corrected chi connectivity index (χ3v) is 1.76. The van der Waals surface area contributed by atoms with Crippen LogP contribution in [0, 0.1) is 13.1 Å². The molecule has 0 saturated carbocycles. The molecular formula is C10H8NO. The molecule has 0 aliphatic rings. The van der Waals surface area contributed by atoms with Crippen molar-refractivity contribution in [3.05, 3.63) is 36.0 Å². The minimum Gasteiger partial charge on any atom is -0.506 e. The summed E-state index contributed by atoms with van der Waals surface area (Å²) in [5.74, 6) is 0.212. The lowest BCUT2D eigenvalue weighted by molar-refractivity contribution is 0.480. The van der Waals surface area contributed by atoms with Crippen molar-refractivity contribution in [2.24, 2.45) is 0 Å². The van der Waals surface area contributed by atoms with Crippen LogP contribution in [0.3, 0.4) is 0 Å². The minimum absolute atomic E-state index is 0.212. The maximum Gasteiger partial charge on any atom is 0.141 e. The van der Waals surface area contributed by atoms with Gasteiger partial charge in [-0.1, -0.05) is 12.1 Å². The number of nitrogens with zero attached hydrogens (tertiary/aromatic N) is 1. The first-order chi connectivity index (χ1) is 5.77. The molecule has 1 radical (unpaired) electrons. The second-order valence-electron chi connectivity index (χ2n) is 2.77. The number of fused-ring (bicyclic) bond motifs is 1. The Labute approximate surface area is 70.5 Å². The van der Waals surface area contributed by atoms with Crippen LogP contribution in [0.4, 0.5) is 0 Å². The van der Waals surface area contributed by atoms with Gasteiger partial charge in [-0.15, -0.1) is 0 Å². The fraction of sp³-hybridized carbons (Fsp3) is 0.100. The Morgan fingerprint density at radius 1 is 1.42 bits per heavy atom. The topological polar surface area (TPSA) is 33.1 Å². The number of rotatable bonds is 0. The Morgan fingerprint density at radius 2 is 2.25 bits per heavy atom. The van der Waals surface area contributed by atoms with Crippen LogP contribution in [0.5, 0.6) is 5.75 Å². The average molecular weight is 158 g/mol. The van der Waals surface area contributed by atoms with Crippen molar-refractivity contribution >= 4 is 10.9 Å². The summed E-state index contributed by atoms with van der Waals surface area (Å²) in [6.07, 6.45) is 2.81. The van der Waals surface area contributed by atoms with E-state index in [0.717, 1.165) is 10.9 Å². The molecule has 2 heteroatoms. The van der Waals surface area contributed by atoms with Crippen molar-refractivity contribution in [2.45, 2.75) is 6.92 Å². The number of para-hydroxylation sites is 1. The van der Waals surface area contributed by atoms with E-state index >= 15 is 0 Å². The zero-order chi connectivity index (χ0) is 8.55. The van der Waals surface area contributed by atoms with Gasteiger partial charge in [0.2, 0.25) is 0 Å². The van der Waals surface area contributed by atoms with Gasteiger partial charge in [-0.2, -0.15) is 0 Å². The molecule has 0 saturated heterocycles. The number of benzene rings is 1. The summed E-state index contributed by atoms with van der Waals surface area (Å²) in [6.45, 7) is 1.93. The molecule has 0 unspecified atom stereocenters. The van der Waals surface area contributed by atoms with Gasteiger partial charge in [-0.3, -0.25) is 0 Å². The maximum atomic E-state index is 9.38. The van der Waals surface area contributed by atoms with Crippen molar-refractivity contribution in [2.75, 3.05) is 0 Å². The summed E-state index contributed by atoms with van der Waals surface area (Å²) in [7, 11) is 0. The zero-order valence-corrected chi connectivity index (χ0v) is 6.70. The number of hydrogen-bond donors (Lipinski definition) is 1. The molecule has 0 spiro atoms. The van der Waals surface area contributed by atoms with Gasteiger partial charge in [-0.05, 0) is 24.6 Å². The molecule has 59 valence electrons. The molecule has 0 aliphatic carbocycles. The molecule has 0 fully saturated rings. The highest BCUT2D eigenvalue weighted by molar-refractivity contribution is 5.84. The first-order valence-electron chi connectivity index (χ1n) is 3.74. The minimum atomic E-state index is 0.212. The molecule has 0 bridgehead atoms. The third-order valence-electron chi connectivity index (χ3n) is 1.76. The smallest absolute Gasteiger partial charge is 0.141 e. The van der Waals surface area contributed by atoms with Crippen LogP contribution in [-0.2, 0) is 0 Å². The number of aromatic nitrogens is 1. The fourth-order valence-corrected chi connectivity index (χ4v) is 1.20. The van der Waals surface area contributed by atoms with E-state index in [4.69, 9.17) is 0 Å². The number of pyridine rings is 1. The number of aryl methyl sites for hydroxylation is 1. The molecule has 1 aromatic carbocycles. The van der Waals surface area contributed by atoms with E-state index in [1.165, 1.54) is 0 Å². The Morgan fingerprint density at radius 3 is 3.08 bits per heavy atom. The number of phenols is 1. The monoisotopic (exact) mass is 158 g/mol. The Bertz CT molecular complexity index is 423. The van der Waals surface area contributed by atoms with E-state index in [9.17, 15) is 5.11 Å². The predicted molar refractivity (Wildman–Crippen MR) is 47.0 cm³/mol. The number of hydrogen-bond acceptors (Lipinski definition) is 2. The van der Waals surface area contributed by atoms with Gasteiger partial charge in [0.05, 0.1) is 6.20 Å². The van der Waals surface area contributed by atoms with Gasteiger partial charge in [0.25, 0.3) is 0 Å². The number of phenolic OH excluding ortho intramolecular Hbond substituents is 1. The van der Waals surface area contributed by atoms with Crippen LogP contribution >= 0.6 is 0 Å². The molecule has 0 atom stereocenters. The molecule has 12 heavy (non-hydrogen) atoms. The molecule has 2 nitrogen and oxygen atoms in total. The molecule has 2 rings (SSSR count). The third kappa shape index (κ3) is 1.01. The predicted octanol–water partition coefficient (Wildman–Crippen LogP) is 2.05. The fourth-order valence-electron chi connectivity index (χ4n) is 1.20. The van der Waals surface area contributed by atoms with Crippen LogP contribution in [-0.4, -0.2) is 10.1 Å². The summed E-state index contributed by atoms with van der Waals surface area (Å²) >= 11 is 0. The first-order valence-corrected chi connectivity index (χ1v) is 3.74. The van der Waals surface area contributed by atoms with Crippen molar-refractivity contribution in [3.8, 4) is 5.75 Å². The highest BCUT2D eigenvalue weighted by Gasteiger charge is 1.99. The standard InChI is InChI=1S/C10H8NO/c1-7-5-8-3-2-4-9(12)10(8)11-6-7/h2-5,12H,1H3. The van der Waals surface area contributed by atoms with Crippen LogP contribution in [0.15, 0.2) is 24.3 Å². The lowest BCUT2D eigenvalue weighted by Gasteiger charge is -1.98. The van der Waals surface area contributed by atoms with Gasteiger partial charge in [0.1, 0.15) is 11.3 Å². The molecule has 0 aliphatic heterocycles. The van der Waals surface area contributed by atoms with Crippen LogP contribution in [0.2, 0.25) is 0 Å². The Balaban J connectivity index is 2.86. The van der Waals surface area contributed by atoms with E-state index in [1.807, 2.05) is 19.1 Å². The molecule has 1 heterocycles. The van der Waals surface area contributed by atoms with Gasteiger partial charge in [0, 0.05) is 5.39 Å². The van der Waals surface area contributed by atoms with E-state index in [-0.39, 0.29) is 5.75 Å². The largest absolute Gasteiger partial charge is 0.506 e. The normalized spacial score (nSPS) is 10.4. The lowest BCUT2D eigenvalue weighted by atomic mass is 10.2. The number of aromatic hydroxyl groups is 1. The van der Waals surface area contributed by atoms with E-state index in [2.05, 4.69) is 11.2 Å². The van der Waals surface area contributed by atoms with Gasteiger partial charge < -0.3 is 5.11 Å². The molecule has 1 aromatic heterocycles. The summed E-state index contributed by atoms with van der Waals surface area (Å²) in [4.78, 5) is 4.01. The van der Waals surface area contributed by atoms with Crippen LogP contribution in [0.1, 0.15) is 5.56 Å². The van der Waals surface area contributed by atoms with Crippen LogP contribution in [0.25, 0.3) is 10.9 Å². The van der Waals surface area contributed by atoms with Gasteiger partial charge >= 0.3 is 0 Å². The summed E-state index contributed by atoms with van der Waals surface area (Å²) in [5.41, 5.74) is 1.59. The molecule has 0 amide bonds.